The number of fused-ring (bicyclic) bond motifs is 1. The molecule has 1 aliphatic rings. The summed E-state index contributed by atoms with van der Waals surface area (Å²) in [6.45, 7) is 2.19. The molecule has 1 aromatic rings. The molecule has 4 heteroatoms. The van der Waals surface area contributed by atoms with Crippen molar-refractivity contribution >= 4 is 11.9 Å². The average molecular weight is 233 g/mol. The van der Waals surface area contributed by atoms with Gasteiger partial charge in [-0.05, 0) is 30.0 Å². The minimum Gasteiger partial charge on any atom is -0.480 e. The Labute approximate surface area is 99.9 Å². The van der Waals surface area contributed by atoms with Gasteiger partial charge in [0.1, 0.15) is 6.54 Å². The first kappa shape index (κ1) is 11.6. The van der Waals surface area contributed by atoms with Crippen molar-refractivity contribution in [3.8, 4) is 0 Å². The molecule has 0 bridgehead atoms. The monoisotopic (exact) mass is 233 g/mol. The van der Waals surface area contributed by atoms with Gasteiger partial charge in [-0.3, -0.25) is 9.59 Å². The fourth-order valence-corrected chi connectivity index (χ4v) is 2.21. The Morgan fingerprint density at radius 3 is 2.88 bits per heavy atom. The quantitative estimate of drug-likeness (QED) is 0.839. The van der Waals surface area contributed by atoms with E-state index in [4.69, 9.17) is 5.11 Å². The molecular weight excluding hydrogens is 218 g/mol. The first-order valence-corrected chi connectivity index (χ1v) is 5.65. The summed E-state index contributed by atoms with van der Waals surface area (Å²) < 4.78 is 0. The zero-order valence-electron chi connectivity index (χ0n) is 9.77. The molecule has 0 saturated carbocycles. The number of carbonyl (C=O) groups excluding carboxylic acids is 1. The second-order valence-corrected chi connectivity index (χ2v) is 4.36. The smallest absolute Gasteiger partial charge is 0.323 e. The molecule has 0 aromatic heterocycles. The molecule has 0 unspecified atom stereocenters. The highest BCUT2D eigenvalue weighted by molar-refractivity contribution is 5.82. The fraction of sp³-hybridized carbons (Fsp3) is 0.385. The topological polar surface area (TPSA) is 57.6 Å². The Kier molecular flexibility index (Phi) is 3.13. The number of carboxylic acids is 1. The van der Waals surface area contributed by atoms with E-state index in [1.165, 1.54) is 4.90 Å². The standard InChI is InChI=1S/C13H15NO3/c1-9-3-2-4-10-5-6-12(15)14(7-11(9)10)8-13(16)17/h2-4H,5-8H2,1H3,(H,16,17). The Morgan fingerprint density at radius 2 is 2.18 bits per heavy atom. The van der Waals surface area contributed by atoms with Gasteiger partial charge in [0, 0.05) is 13.0 Å². The fourth-order valence-electron chi connectivity index (χ4n) is 2.21. The molecule has 0 radical (unpaired) electrons. The van der Waals surface area contributed by atoms with E-state index in [-0.39, 0.29) is 12.5 Å². The average Bonchev–Trinajstić information content (AvgIpc) is 2.41. The number of carbonyl (C=O) groups is 2. The van der Waals surface area contributed by atoms with Crippen LogP contribution in [0, 0.1) is 6.92 Å². The maximum absolute atomic E-state index is 11.8. The van der Waals surface area contributed by atoms with E-state index >= 15 is 0 Å². The van der Waals surface area contributed by atoms with Crippen molar-refractivity contribution in [2.45, 2.75) is 26.3 Å². The molecule has 0 atom stereocenters. The van der Waals surface area contributed by atoms with Crippen LogP contribution in [0.4, 0.5) is 0 Å². The molecular formula is C13H15NO3. The van der Waals surface area contributed by atoms with Crippen molar-refractivity contribution in [2.75, 3.05) is 6.54 Å². The number of aryl methyl sites for hydroxylation is 2. The van der Waals surface area contributed by atoms with Crippen LogP contribution in [0.3, 0.4) is 0 Å². The number of benzene rings is 1. The molecule has 1 heterocycles. The summed E-state index contributed by atoms with van der Waals surface area (Å²) in [5, 5.41) is 8.80. The van der Waals surface area contributed by atoms with Crippen LogP contribution < -0.4 is 0 Å². The predicted molar refractivity (Wildman–Crippen MR) is 62.6 cm³/mol. The number of carboxylic acid groups (broad SMARTS) is 1. The van der Waals surface area contributed by atoms with Gasteiger partial charge in [0.2, 0.25) is 5.91 Å². The SMILES string of the molecule is Cc1cccc2c1CN(CC(=O)O)C(=O)CC2. The van der Waals surface area contributed by atoms with E-state index in [1.807, 2.05) is 25.1 Å². The van der Waals surface area contributed by atoms with Crippen LogP contribution in [-0.4, -0.2) is 28.4 Å². The Balaban J connectivity index is 2.32. The van der Waals surface area contributed by atoms with Gasteiger partial charge < -0.3 is 10.0 Å². The van der Waals surface area contributed by atoms with Crippen LogP contribution >= 0.6 is 0 Å². The van der Waals surface area contributed by atoms with Gasteiger partial charge in [0.15, 0.2) is 0 Å². The second kappa shape index (κ2) is 4.57. The van der Waals surface area contributed by atoms with Gasteiger partial charge in [0.25, 0.3) is 0 Å². The second-order valence-electron chi connectivity index (χ2n) is 4.36. The van der Waals surface area contributed by atoms with Crippen LogP contribution in [0.1, 0.15) is 23.1 Å². The van der Waals surface area contributed by atoms with Crippen molar-refractivity contribution in [3.05, 3.63) is 34.9 Å². The van der Waals surface area contributed by atoms with Crippen molar-refractivity contribution in [1.82, 2.24) is 4.90 Å². The lowest BCUT2D eigenvalue weighted by molar-refractivity contribution is -0.144. The molecule has 90 valence electrons. The predicted octanol–water partition coefficient (Wildman–Crippen LogP) is 1.35. The van der Waals surface area contributed by atoms with Crippen LogP contribution in [-0.2, 0) is 22.6 Å². The Morgan fingerprint density at radius 1 is 1.41 bits per heavy atom. The molecule has 2 rings (SSSR count). The van der Waals surface area contributed by atoms with E-state index in [0.29, 0.717) is 19.4 Å². The third-order valence-corrected chi connectivity index (χ3v) is 3.14. The largest absolute Gasteiger partial charge is 0.480 e. The van der Waals surface area contributed by atoms with Crippen molar-refractivity contribution < 1.29 is 14.7 Å². The summed E-state index contributed by atoms with van der Waals surface area (Å²) in [4.78, 5) is 23.9. The highest BCUT2D eigenvalue weighted by Gasteiger charge is 2.22. The first-order valence-electron chi connectivity index (χ1n) is 5.65. The van der Waals surface area contributed by atoms with Crippen molar-refractivity contribution in [1.29, 1.82) is 0 Å². The highest BCUT2D eigenvalue weighted by Crippen LogP contribution is 2.22. The van der Waals surface area contributed by atoms with Crippen molar-refractivity contribution in [2.24, 2.45) is 0 Å². The van der Waals surface area contributed by atoms with Crippen molar-refractivity contribution in [3.63, 3.8) is 0 Å². The molecule has 1 N–H and O–H groups in total. The normalized spacial score (nSPS) is 15.4. The Hall–Kier alpha value is -1.84. The van der Waals surface area contributed by atoms with Gasteiger partial charge >= 0.3 is 5.97 Å². The van der Waals surface area contributed by atoms with E-state index in [2.05, 4.69) is 0 Å². The van der Waals surface area contributed by atoms with E-state index in [9.17, 15) is 9.59 Å². The minimum absolute atomic E-state index is 0.0806. The van der Waals surface area contributed by atoms with Gasteiger partial charge in [-0.1, -0.05) is 18.2 Å². The number of rotatable bonds is 2. The van der Waals surface area contributed by atoms with Gasteiger partial charge in [-0.2, -0.15) is 0 Å². The van der Waals surface area contributed by atoms with Crippen LogP contribution in [0.5, 0.6) is 0 Å². The summed E-state index contributed by atoms with van der Waals surface area (Å²) >= 11 is 0. The molecule has 4 nitrogen and oxygen atoms in total. The minimum atomic E-state index is -0.963. The number of hydrogen-bond donors (Lipinski definition) is 1. The molecule has 17 heavy (non-hydrogen) atoms. The van der Waals surface area contributed by atoms with Gasteiger partial charge in [0.05, 0.1) is 0 Å². The molecule has 1 amide bonds. The van der Waals surface area contributed by atoms with Crippen LogP contribution in [0.25, 0.3) is 0 Å². The maximum atomic E-state index is 11.8. The van der Waals surface area contributed by atoms with E-state index in [0.717, 1.165) is 16.7 Å². The summed E-state index contributed by atoms with van der Waals surface area (Å²) in [5.74, 6) is -1.04. The van der Waals surface area contributed by atoms with E-state index in [1.54, 1.807) is 0 Å². The maximum Gasteiger partial charge on any atom is 0.323 e. The van der Waals surface area contributed by atoms with Gasteiger partial charge in [-0.25, -0.2) is 0 Å². The number of hydrogen-bond acceptors (Lipinski definition) is 2. The summed E-state index contributed by atoms with van der Waals surface area (Å²) in [5.41, 5.74) is 3.37. The number of amides is 1. The Bertz CT molecular complexity index is 468. The third kappa shape index (κ3) is 2.46. The highest BCUT2D eigenvalue weighted by atomic mass is 16.4. The van der Waals surface area contributed by atoms with Crippen LogP contribution in [0.2, 0.25) is 0 Å². The third-order valence-electron chi connectivity index (χ3n) is 3.14. The molecule has 1 aliphatic heterocycles. The summed E-state index contributed by atoms with van der Waals surface area (Å²) in [7, 11) is 0. The number of nitrogens with zero attached hydrogens (tertiary/aromatic N) is 1. The molecule has 0 aliphatic carbocycles. The number of aliphatic carboxylic acids is 1. The lowest BCUT2D eigenvalue weighted by Gasteiger charge is -2.19. The molecule has 1 aromatic carbocycles. The summed E-state index contributed by atoms with van der Waals surface area (Å²) in [6.07, 6.45) is 1.09. The zero-order chi connectivity index (χ0) is 12.4. The zero-order valence-corrected chi connectivity index (χ0v) is 9.77. The lowest BCUT2D eigenvalue weighted by atomic mass is 10.00. The molecule has 0 spiro atoms. The van der Waals surface area contributed by atoms with Crippen LogP contribution in [0.15, 0.2) is 18.2 Å². The first-order chi connectivity index (χ1) is 8.08. The molecule has 0 saturated heterocycles. The van der Waals surface area contributed by atoms with Gasteiger partial charge in [-0.15, -0.1) is 0 Å². The lowest BCUT2D eigenvalue weighted by Crippen LogP contribution is -2.34. The summed E-state index contributed by atoms with van der Waals surface area (Å²) in [6, 6.07) is 5.99. The molecule has 0 fully saturated rings. The van der Waals surface area contributed by atoms with E-state index < -0.39 is 5.97 Å².